The smallest absolute Gasteiger partial charge is 0.438 e. The second-order valence-electron chi connectivity index (χ2n) is 6.78. The van der Waals surface area contributed by atoms with Crippen molar-refractivity contribution in [1.29, 1.82) is 0 Å². The number of benzene rings is 1. The lowest BCUT2D eigenvalue weighted by atomic mass is 10.0. The molecule has 0 radical (unpaired) electrons. The highest BCUT2D eigenvalue weighted by Crippen LogP contribution is 2.29. The number of imidazole rings is 1. The topological polar surface area (TPSA) is 109 Å². The number of hydrogen-bond acceptors (Lipinski definition) is 6. The summed E-state index contributed by atoms with van der Waals surface area (Å²) in [5.74, 6) is -1.03. The molecule has 1 aliphatic heterocycles. The Labute approximate surface area is 162 Å². The summed E-state index contributed by atoms with van der Waals surface area (Å²) in [4.78, 5) is 26.2. The molecule has 1 N–H and O–H groups in total. The van der Waals surface area contributed by atoms with Crippen molar-refractivity contribution in [2.24, 2.45) is 0 Å². The molecule has 0 spiro atoms. The van der Waals surface area contributed by atoms with Crippen molar-refractivity contribution in [2.45, 2.75) is 38.3 Å². The molecule has 0 saturated heterocycles. The fraction of sp³-hybridized carbons (Fsp3) is 0.412. The molecule has 156 valence electrons. The lowest BCUT2D eigenvalue weighted by Crippen LogP contribution is -2.48. The van der Waals surface area contributed by atoms with Crippen LogP contribution in [-0.2, 0) is 17.8 Å². The molecule has 0 bridgehead atoms. The highest BCUT2D eigenvalue weighted by molar-refractivity contribution is 5.78. The number of hydrogen-bond donors (Lipinski definition) is 1. The van der Waals surface area contributed by atoms with Crippen molar-refractivity contribution in [3.63, 3.8) is 0 Å². The third-order valence-corrected chi connectivity index (χ3v) is 4.31. The molecule has 1 unspecified atom stereocenters. The number of halogens is 3. The summed E-state index contributed by atoms with van der Waals surface area (Å²) in [5.41, 5.74) is -0.284. The van der Waals surface area contributed by atoms with Gasteiger partial charge in [-0.1, -0.05) is 12.1 Å². The van der Waals surface area contributed by atoms with E-state index in [1.807, 2.05) is 0 Å². The number of carbonyl (C=O) groups is 1. The summed E-state index contributed by atoms with van der Waals surface area (Å²) in [7, 11) is 0. The molecule has 9 nitrogen and oxygen atoms in total. The van der Waals surface area contributed by atoms with Crippen LogP contribution < -0.4 is 14.8 Å². The van der Waals surface area contributed by atoms with Crippen LogP contribution in [0.15, 0.2) is 30.5 Å². The summed E-state index contributed by atoms with van der Waals surface area (Å²) in [6, 6.07) is 5.12. The van der Waals surface area contributed by atoms with Crippen LogP contribution in [-0.4, -0.2) is 38.9 Å². The van der Waals surface area contributed by atoms with Gasteiger partial charge in [0.1, 0.15) is 17.5 Å². The van der Waals surface area contributed by atoms with Gasteiger partial charge in [-0.25, -0.2) is 0 Å². The largest absolute Gasteiger partial charge is 0.573 e. The molecule has 3 rings (SSSR count). The molecule has 1 aromatic heterocycles. The Balaban J connectivity index is 1.53. The molecule has 2 aromatic rings. The summed E-state index contributed by atoms with van der Waals surface area (Å²) in [6.07, 6.45) is -3.02. The van der Waals surface area contributed by atoms with Crippen LogP contribution >= 0.6 is 0 Å². The van der Waals surface area contributed by atoms with E-state index in [0.29, 0.717) is 18.5 Å². The highest BCUT2D eigenvalue weighted by atomic mass is 19.4. The normalized spacial score (nSPS) is 18.5. The molecule has 1 aliphatic rings. The van der Waals surface area contributed by atoms with Crippen molar-refractivity contribution in [3.8, 4) is 11.8 Å². The first kappa shape index (κ1) is 20.4. The van der Waals surface area contributed by atoms with Crippen LogP contribution in [0.1, 0.15) is 18.9 Å². The second-order valence-corrected chi connectivity index (χ2v) is 6.78. The monoisotopic (exact) mass is 414 g/mol. The molecule has 29 heavy (non-hydrogen) atoms. The molecule has 2 heterocycles. The summed E-state index contributed by atoms with van der Waals surface area (Å²) in [5, 5.41) is 13.5. The van der Waals surface area contributed by atoms with Crippen LogP contribution in [0.25, 0.3) is 0 Å². The Morgan fingerprint density at radius 1 is 1.41 bits per heavy atom. The van der Waals surface area contributed by atoms with Gasteiger partial charge in [-0.3, -0.25) is 9.36 Å². The van der Waals surface area contributed by atoms with Crippen LogP contribution in [0.4, 0.5) is 19.0 Å². The van der Waals surface area contributed by atoms with Crippen molar-refractivity contribution in [2.75, 3.05) is 6.54 Å². The van der Waals surface area contributed by atoms with E-state index in [1.165, 1.54) is 22.9 Å². The fourth-order valence-electron chi connectivity index (χ4n) is 2.81. The van der Waals surface area contributed by atoms with E-state index in [0.717, 1.165) is 12.1 Å². The van der Waals surface area contributed by atoms with Gasteiger partial charge in [-0.2, -0.15) is 0 Å². The number of carbonyl (C=O) groups excluding carboxylic acids is 1. The number of alkyl halides is 3. The first-order valence-corrected chi connectivity index (χ1v) is 8.55. The number of rotatable bonds is 6. The molecule has 0 fully saturated rings. The zero-order chi connectivity index (χ0) is 21.2. The van der Waals surface area contributed by atoms with Crippen LogP contribution in [0, 0.1) is 10.1 Å². The Morgan fingerprint density at radius 3 is 2.72 bits per heavy atom. The minimum Gasteiger partial charge on any atom is -0.438 e. The Hall–Kier alpha value is -3.31. The van der Waals surface area contributed by atoms with Crippen LogP contribution in [0.2, 0.25) is 0 Å². The number of aryl methyl sites for hydroxylation is 1. The molecule has 1 atom stereocenters. The maximum absolute atomic E-state index is 12.2. The molecule has 0 aliphatic carbocycles. The SMILES string of the molecule is CC1(CNC(=O)Cc2ccc(OC(F)(F)F)cc2)CCn2cc([N+](=O)[O-])nc2O1. The van der Waals surface area contributed by atoms with Crippen molar-refractivity contribution < 1.29 is 32.4 Å². The molecule has 12 heteroatoms. The summed E-state index contributed by atoms with van der Waals surface area (Å²) >= 11 is 0. The third kappa shape index (κ3) is 5.36. The van der Waals surface area contributed by atoms with Gasteiger partial charge in [0.2, 0.25) is 5.91 Å². The quantitative estimate of drug-likeness (QED) is 0.575. The predicted molar refractivity (Wildman–Crippen MR) is 92.4 cm³/mol. The number of fused-ring (bicyclic) bond motifs is 1. The molecular weight excluding hydrogens is 397 g/mol. The standard InChI is InChI=1S/C17H17F3N4O5/c1-16(6-7-23-9-13(24(26)27)22-15(23)29-16)10-21-14(25)8-11-2-4-12(5-3-11)28-17(18,19)20/h2-5,9H,6-8,10H2,1H3,(H,21,25). The average molecular weight is 414 g/mol. The Bertz CT molecular complexity index is 913. The van der Waals surface area contributed by atoms with Crippen LogP contribution in [0.3, 0.4) is 0 Å². The van der Waals surface area contributed by atoms with Gasteiger partial charge < -0.3 is 24.9 Å². The minimum absolute atomic E-state index is 0.0392. The van der Waals surface area contributed by atoms with E-state index in [1.54, 1.807) is 6.92 Å². The van der Waals surface area contributed by atoms with Crippen LogP contribution in [0.5, 0.6) is 11.8 Å². The van der Waals surface area contributed by atoms with Gasteiger partial charge in [0.05, 0.1) is 13.0 Å². The predicted octanol–water partition coefficient (Wildman–Crippen LogP) is 2.59. The van der Waals surface area contributed by atoms with Gasteiger partial charge >= 0.3 is 18.2 Å². The van der Waals surface area contributed by atoms with Gasteiger partial charge in [-0.05, 0) is 29.5 Å². The number of nitro groups is 1. The van der Waals surface area contributed by atoms with E-state index in [-0.39, 0.29) is 36.5 Å². The van der Waals surface area contributed by atoms with Crippen molar-refractivity contribution in [3.05, 3.63) is 46.1 Å². The number of aromatic nitrogens is 2. The van der Waals surface area contributed by atoms with Crippen molar-refractivity contribution >= 4 is 11.7 Å². The van der Waals surface area contributed by atoms with Gasteiger partial charge in [0, 0.05) is 17.9 Å². The molecule has 0 saturated carbocycles. The maximum atomic E-state index is 12.2. The van der Waals surface area contributed by atoms with E-state index in [4.69, 9.17) is 4.74 Å². The Kier molecular flexibility index (Phi) is 5.36. The van der Waals surface area contributed by atoms with Gasteiger partial charge in [0.25, 0.3) is 0 Å². The zero-order valence-electron chi connectivity index (χ0n) is 15.2. The average Bonchev–Trinajstić information content (AvgIpc) is 3.04. The minimum atomic E-state index is -4.77. The zero-order valence-corrected chi connectivity index (χ0v) is 15.2. The molecule has 1 amide bonds. The summed E-state index contributed by atoms with van der Waals surface area (Å²) in [6.45, 7) is 2.34. The van der Waals surface area contributed by atoms with Crippen molar-refractivity contribution in [1.82, 2.24) is 14.9 Å². The first-order chi connectivity index (χ1) is 13.5. The highest BCUT2D eigenvalue weighted by Gasteiger charge is 2.37. The van der Waals surface area contributed by atoms with E-state index >= 15 is 0 Å². The first-order valence-electron chi connectivity index (χ1n) is 8.55. The number of nitrogens with one attached hydrogen (secondary N) is 1. The lowest BCUT2D eigenvalue weighted by molar-refractivity contribution is -0.389. The Morgan fingerprint density at radius 2 is 2.10 bits per heavy atom. The molecular formula is C17H17F3N4O5. The molecule has 1 aromatic carbocycles. The van der Waals surface area contributed by atoms with Gasteiger partial charge in [0.15, 0.2) is 0 Å². The number of ether oxygens (including phenoxy) is 2. The summed E-state index contributed by atoms with van der Waals surface area (Å²) < 4.78 is 47.5. The van der Waals surface area contributed by atoms with E-state index < -0.39 is 16.9 Å². The van der Waals surface area contributed by atoms with E-state index in [2.05, 4.69) is 15.0 Å². The number of nitrogens with zero attached hydrogens (tertiary/aromatic N) is 3. The fourth-order valence-corrected chi connectivity index (χ4v) is 2.81. The van der Waals surface area contributed by atoms with E-state index in [9.17, 15) is 28.1 Å². The lowest BCUT2D eigenvalue weighted by Gasteiger charge is -2.32. The number of amides is 1. The van der Waals surface area contributed by atoms with Gasteiger partial charge in [-0.15, -0.1) is 13.2 Å². The maximum Gasteiger partial charge on any atom is 0.573 e. The second kappa shape index (κ2) is 7.60. The third-order valence-electron chi connectivity index (χ3n) is 4.31.